The number of ether oxygens (including phenoxy) is 2. The van der Waals surface area contributed by atoms with Crippen LogP contribution in [0.2, 0.25) is 0 Å². The van der Waals surface area contributed by atoms with Gasteiger partial charge < -0.3 is 9.47 Å². The molecule has 0 atom stereocenters. The molecule has 0 aliphatic carbocycles. The lowest BCUT2D eigenvalue weighted by molar-refractivity contribution is 0.260. The number of benzene rings is 1. The fourth-order valence-corrected chi connectivity index (χ4v) is 1.08. The predicted octanol–water partition coefficient (Wildman–Crippen LogP) is 2.49. The molecule has 0 fully saturated rings. The van der Waals surface area contributed by atoms with Crippen LogP contribution < -0.4 is 9.47 Å². The van der Waals surface area contributed by atoms with Crippen molar-refractivity contribution in [3.63, 3.8) is 0 Å². The van der Waals surface area contributed by atoms with E-state index in [1.807, 2.05) is 0 Å². The van der Waals surface area contributed by atoms with Gasteiger partial charge in [-0.2, -0.15) is 0 Å². The molecular formula is C10H12F2O2. The minimum atomic E-state index is -0.643. The molecule has 1 rings (SSSR count). The van der Waals surface area contributed by atoms with E-state index < -0.39 is 12.5 Å². The van der Waals surface area contributed by atoms with E-state index in [-0.39, 0.29) is 12.4 Å². The van der Waals surface area contributed by atoms with Gasteiger partial charge in [0.25, 0.3) is 0 Å². The second kappa shape index (κ2) is 4.79. The number of aryl methyl sites for hydroxylation is 1. The van der Waals surface area contributed by atoms with E-state index in [4.69, 9.17) is 9.47 Å². The molecule has 0 radical (unpaired) electrons. The van der Waals surface area contributed by atoms with Crippen molar-refractivity contribution in [1.82, 2.24) is 0 Å². The molecule has 1 aromatic carbocycles. The summed E-state index contributed by atoms with van der Waals surface area (Å²) in [6.07, 6.45) is 0. The minimum Gasteiger partial charge on any atom is -0.497 e. The molecule has 0 saturated heterocycles. The van der Waals surface area contributed by atoms with Gasteiger partial charge in [0, 0.05) is 6.07 Å². The summed E-state index contributed by atoms with van der Waals surface area (Å²) < 4.78 is 35.0. The highest BCUT2D eigenvalue weighted by Crippen LogP contribution is 2.26. The zero-order valence-electron chi connectivity index (χ0n) is 8.14. The van der Waals surface area contributed by atoms with E-state index in [2.05, 4.69) is 0 Å². The minimum absolute atomic E-state index is 0.0273. The Hall–Kier alpha value is -1.32. The maximum Gasteiger partial charge on any atom is 0.168 e. The van der Waals surface area contributed by atoms with Crippen LogP contribution in [0.25, 0.3) is 0 Å². The summed E-state index contributed by atoms with van der Waals surface area (Å²) in [5, 5.41) is 0. The van der Waals surface area contributed by atoms with Crippen molar-refractivity contribution < 1.29 is 18.3 Å². The van der Waals surface area contributed by atoms with Gasteiger partial charge in [-0.25, -0.2) is 8.78 Å². The number of hydrogen-bond donors (Lipinski definition) is 0. The van der Waals surface area contributed by atoms with Gasteiger partial charge in [-0.1, -0.05) is 0 Å². The first kappa shape index (κ1) is 10.8. The Balaban J connectivity index is 2.95. The summed E-state index contributed by atoms with van der Waals surface area (Å²) in [6, 6.07) is 2.95. The van der Waals surface area contributed by atoms with Crippen LogP contribution in [-0.2, 0) is 0 Å². The van der Waals surface area contributed by atoms with Gasteiger partial charge >= 0.3 is 0 Å². The van der Waals surface area contributed by atoms with Gasteiger partial charge in [-0.3, -0.25) is 0 Å². The van der Waals surface area contributed by atoms with Crippen molar-refractivity contribution in [2.75, 3.05) is 20.4 Å². The lowest BCUT2D eigenvalue weighted by Crippen LogP contribution is -2.02. The van der Waals surface area contributed by atoms with Crippen LogP contribution >= 0.6 is 0 Å². The van der Waals surface area contributed by atoms with E-state index in [0.29, 0.717) is 11.3 Å². The lowest BCUT2D eigenvalue weighted by Gasteiger charge is -2.09. The first-order valence-electron chi connectivity index (χ1n) is 4.22. The number of halogens is 2. The highest BCUT2D eigenvalue weighted by Gasteiger charge is 2.09. The highest BCUT2D eigenvalue weighted by molar-refractivity contribution is 5.39. The second-order valence-corrected chi connectivity index (χ2v) is 2.79. The lowest BCUT2D eigenvalue weighted by atomic mass is 10.2. The van der Waals surface area contributed by atoms with E-state index in [1.165, 1.54) is 13.2 Å². The van der Waals surface area contributed by atoms with Gasteiger partial charge in [0.1, 0.15) is 19.0 Å². The molecule has 0 aromatic heterocycles. The van der Waals surface area contributed by atoms with Crippen molar-refractivity contribution in [2.24, 2.45) is 0 Å². The molecule has 0 heterocycles. The summed E-state index contributed by atoms with van der Waals surface area (Å²) >= 11 is 0. The second-order valence-electron chi connectivity index (χ2n) is 2.79. The average Bonchev–Trinajstić information content (AvgIpc) is 2.20. The van der Waals surface area contributed by atoms with Crippen LogP contribution in [0.15, 0.2) is 12.1 Å². The Morgan fingerprint density at radius 1 is 1.36 bits per heavy atom. The fraction of sp³-hybridized carbons (Fsp3) is 0.400. The van der Waals surface area contributed by atoms with Crippen LogP contribution in [0, 0.1) is 12.7 Å². The Labute approximate surface area is 81.4 Å². The van der Waals surface area contributed by atoms with Crippen LogP contribution in [0.5, 0.6) is 11.5 Å². The summed E-state index contributed by atoms with van der Waals surface area (Å²) in [6.45, 7) is 0.805. The first-order chi connectivity index (χ1) is 6.69. The Morgan fingerprint density at radius 3 is 2.64 bits per heavy atom. The molecule has 0 amide bonds. The summed E-state index contributed by atoms with van der Waals surface area (Å²) in [5.41, 5.74) is 0.415. The third-order valence-electron chi connectivity index (χ3n) is 1.77. The predicted molar refractivity (Wildman–Crippen MR) is 49.2 cm³/mol. The zero-order chi connectivity index (χ0) is 10.6. The van der Waals surface area contributed by atoms with Gasteiger partial charge in [-0.15, -0.1) is 0 Å². The molecule has 0 spiro atoms. The standard InChI is InChI=1S/C10H12F2O2/c1-7-5-8(13-2)6-9(10(7)12)14-4-3-11/h5-6H,3-4H2,1-2H3. The summed E-state index contributed by atoms with van der Waals surface area (Å²) in [4.78, 5) is 0. The molecule has 78 valence electrons. The zero-order valence-corrected chi connectivity index (χ0v) is 8.14. The van der Waals surface area contributed by atoms with Crippen LogP contribution in [0.1, 0.15) is 5.56 Å². The molecule has 0 N–H and O–H groups in total. The number of methoxy groups -OCH3 is 1. The van der Waals surface area contributed by atoms with Crippen LogP contribution in [0.3, 0.4) is 0 Å². The van der Waals surface area contributed by atoms with Gasteiger partial charge in [0.15, 0.2) is 11.6 Å². The van der Waals surface area contributed by atoms with E-state index in [1.54, 1.807) is 13.0 Å². The molecule has 2 nitrogen and oxygen atoms in total. The molecule has 0 saturated carbocycles. The van der Waals surface area contributed by atoms with Crippen LogP contribution in [-0.4, -0.2) is 20.4 Å². The van der Waals surface area contributed by atoms with Crippen LogP contribution in [0.4, 0.5) is 8.78 Å². The smallest absolute Gasteiger partial charge is 0.168 e. The Morgan fingerprint density at radius 2 is 2.07 bits per heavy atom. The Kier molecular flexibility index (Phi) is 3.68. The number of hydrogen-bond acceptors (Lipinski definition) is 2. The molecule has 4 heteroatoms. The average molecular weight is 202 g/mol. The van der Waals surface area contributed by atoms with Gasteiger partial charge in [-0.05, 0) is 18.6 Å². The Bertz CT molecular complexity index is 313. The van der Waals surface area contributed by atoms with Crippen molar-refractivity contribution >= 4 is 0 Å². The van der Waals surface area contributed by atoms with Crippen molar-refractivity contribution in [1.29, 1.82) is 0 Å². The molecule has 1 aromatic rings. The third kappa shape index (κ3) is 2.34. The topological polar surface area (TPSA) is 18.5 Å². The van der Waals surface area contributed by atoms with E-state index in [9.17, 15) is 8.78 Å². The molecule has 14 heavy (non-hydrogen) atoms. The molecule has 0 unspecified atom stereocenters. The maximum atomic E-state index is 13.3. The van der Waals surface area contributed by atoms with E-state index in [0.717, 1.165) is 0 Å². The molecule has 0 aliphatic heterocycles. The largest absolute Gasteiger partial charge is 0.497 e. The quantitative estimate of drug-likeness (QED) is 0.746. The third-order valence-corrected chi connectivity index (χ3v) is 1.77. The number of alkyl halides is 1. The summed E-state index contributed by atoms with van der Waals surface area (Å²) in [7, 11) is 1.48. The molecule has 0 aliphatic rings. The molecular weight excluding hydrogens is 190 g/mol. The normalized spacial score (nSPS) is 10.0. The highest BCUT2D eigenvalue weighted by atomic mass is 19.1. The SMILES string of the molecule is COc1cc(C)c(F)c(OCCF)c1. The van der Waals surface area contributed by atoms with E-state index >= 15 is 0 Å². The van der Waals surface area contributed by atoms with Crippen molar-refractivity contribution in [3.05, 3.63) is 23.5 Å². The van der Waals surface area contributed by atoms with Gasteiger partial charge in [0.2, 0.25) is 0 Å². The maximum absolute atomic E-state index is 13.3. The first-order valence-corrected chi connectivity index (χ1v) is 4.22. The summed E-state index contributed by atoms with van der Waals surface area (Å²) in [5.74, 6) is 0.0523. The van der Waals surface area contributed by atoms with Crippen molar-refractivity contribution in [3.8, 4) is 11.5 Å². The van der Waals surface area contributed by atoms with Gasteiger partial charge in [0.05, 0.1) is 7.11 Å². The number of rotatable bonds is 4. The molecule has 0 bridgehead atoms. The van der Waals surface area contributed by atoms with Crippen molar-refractivity contribution in [2.45, 2.75) is 6.92 Å². The monoisotopic (exact) mass is 202 g/mol. The fourth-order valence-electron chi connectivity index (χ4n) is 1.08.